The number of esters is 1. The monoisotopic (exact) mass is 244 g/mol. The van der Waals surface area contributed by atoms with Gasteiger partial charge in [-0.05, 0) is 19.8 Å². The molecule has 17 heavy (non-hydrogen) atoms. The summed E-state index contributed by atoms with van der Waals surface area (Å²) in [5, 5.41) is 10.6. The number of hydrogen-bond donors (Lipinski definition) is 1. The van der Waals surface area contributed by atoms with Gasteiger partial charge in [0.05, 0.1) is 24.2 Å². The third-order valence-electron chi connectivity index (χ3n) is 3.55. The van der Waals surface area contributed by atoms with Crippen LogP contribution in [0.4, 0.5) is 0 Å². The number of carbonyl (C=O) groups is 1. The molecule has 0 radical (unpaired) electrons. The van der Waals surface area contributed by atoms with E-state index in [-0.39, 0.29) is 12.1 Å². The summed E-state index contributed by atoms with van der Waals surface area (Å²) in [5.41, 5.74) is -0.958. The Bertz CT molecular complexity index is 254. The second kappa shape index (κ2) is 6.36. The zero-order chi connectivity index (χ0) is 12.9. The molecule has 1 aliphatic rings. The largest absolute Gasteiger partial charge is 0.466 e. The fourth-order valence-electron chi connectivity index (χ4n) is 2.55. The van der Waals surface area contributed by atoms with Gasteiger partial charge in [-0.25, -0.2) is 0 Å². The van der Waals surface area contributed by atoms with Crippen LogP contribution < -0.4 is 0 Å². The van der Waals surface area contributed by atoms with Crippen molar-refractivity contribution in [3.8, 4) is 0 Å². The smallest absolute Gasteiger partial charge is 0.311 e. The fraction of sp³-hybridized carbons (Fsp3) is 0.923. The van der Waals surface area contributed by atoms with Crippen molar-refractivity contribution in [1.29, 1.82) is 0 Å². The zero-order valence-corrected chi connectivity index (χ0v) is 11.1. The van der Waals surface area contributed by atoms with Gasteiger partial charge in [0.2, 0.25) is 0 Å². The molecule has 4 nitrogen and oxygen atoms in total. The van der Waals surface area contributed by atoms with E-state index >= 15 is 0 Å². The normalized spacial score (nSPS) is 30.9. The van der Waals surface area contributed by atoms with Crippen molar-refractivity contribution >= 4 is 5.97 Å². The number of aliphatic hydroxyl groups is 1. The minimum Gasteiger partial charge on any atom is -0.466 e. The predicted molar refractivity (Wildman–Crippen MR) is 64.6 cm³/mol. The summed E-state index contributed by atoms with van der Waals surface area (Å²) in [5.74, 6) is -0.713. The molecule has 1 aliphatic heterocycles. The lowest BCUT2D eigenvalue weighted by atomic mass is 9.77. The van der Waals surface area contributed by atoms with Crippen molar-refractivity contribution in [2.24, 2.45) is 5.92 Å². The number of hydrogen-bond acceptors (Lipinski definition) is 4. The van der Waals surface area contributed by atoms with Gasteiger partial charge in [0.15, 0.2) is 0 Å². The van der Waals surface area contributed by atoms with Crippen LogP contribution in [0, 0.1) is 5.92 Å². The minimum atomic E-state index is -0.958. The summed E-state index contributed by atoms with van der Waals surface area (Å²) in [7, 11) is 0. The lowest BCUT2D eigenvalue weighted by Gasteiger charge is -2.40. The lowest BCUT2D eigenvalue weighted by molar-refractivity contribution is -0.172. The van der Waals surface area contributed by atoms with Gasteiger partial charge in [-0.2, -0.15) is 0 Å². The first-order chi connectivity index (χ1) is 8.07. The van der Waals surface area contributed by atoms with E-state index in [1.165, 1.54) is 0 Å². The average Bonchev–Trinajstić information content (AvgIpc) is 2.29. The first kappa shape index (κ1) is 14.5. The molecule has 0 saturated carbocycles. The van der Waals surface area contributed by atoms with Crippen LogP contribution in [0.3, 0.4) is 0 Å². The summed E-state index contributed by atoms with van der Waals surface area (Å²) in [6.45, 7) is 6.61. The van der Waals surface area contributed by atoms with E-state index < -0.39 is 11.5 Å². The molecule has 0 aromatic rings. The van der Waals surface area contributed by atoms with Gasteiger partial charge in [-0.15, -0.1) is 0 Å². The van der Waals surface area contributed by atoms with Gasteiger partial charge in [-0.1, -0.05) is 13.8 Å². The molecule has 4 heteroatoms. The molecular weight excluding hydrogens is 220 g/mol. The molecule has 0 bridgehead atoms. The predicted octanol–water partition coefficient (Wildman–Crippen LogP) is 1.90. The molecule has 0 aliphatic carbocycles. The van der Waals surface area contributed by atoms with E-state index in [0.29, 0.717) is 32.5 Å². The second-order valence-corrected chi connectivity index (χ2v) is 4.67. The van der Waals surface area contributed by atoms with Crippen LogP contribution in [0.1, 0.15) is 46.5 Å². The Kier molecular flexibility index (Phi) is 5.40. The molecule has 1 rings (SSSR count). The number of carbonyl (C=O) groups excluding carboxylic acids is 1. The number of ether oxygens (including phenoxy) is 2. The van der Waals surface area contributed by atoms with E-state index in [1.54, 1.807) is 6.92 Å². The summed E-state index contributed by atoms with van der Waals surface area (Å²) in [4.78, 5) is 11.9. The van der Waals surface area contributed by atoms with Gasteiger partial charge < -0.3 is 14.6 Å². The molecule has 3 unspecified atom stereocenters. The van der Waals surface area contributed by atoms with Crippen LogP contribution in [0.5, 0.6) is 0 Å². The Labute approximate surface area is 103 Å². The SMILES string of the molecule is CCOC(=O)C(CC)C1(O)CCOC(CC)C1. The fourth-order valence-corrected chi connectivity index (χ4v) is 2.55. The van der Waals surface area contributed by atoms with E-state index in [0.717, 1.165) is 6.42 Å². The summed E-state index contributed by atoms with van der Waals surface area (Å²) in [6, 6.07) is 0. The standard InChI is InChI=1S/C13H24O4/c1-4-10-9-13(15,7-8-17-10)11(5-2)12(14)16-6-3/h10-11,15H,4-9H2,1-3H3. The Hall–Kier alpha value is -0.610. The van der Waals surface area contributed by atoms with Gasteiger partial charge >= 0.3 is 5.97 Å². The van der Waals surface area contributed by atoms with Crippen LogP contribution in [0.15, 0.2) is 0 Å². The molecule has 1 heterocycles. The van der Waals surface area contributed by atoms with Crippen LogP contribution in [-0.2, 0) is 14.3 Å². The molecule has 0 aromatic carbocycles. The van der Waals surface area contributed by atoms with Gasteiger partial charge in [0, 0.05) is 19.4 Å². The molecule has 1 saturated heterocycles. The van der Waals surface area contributed by atoms with Crippen molar-refractivity contribution in [2.75, 3.05) is 13.2 Å². The number of rotatable bonds is 5. The maximum atomic E-state index is 11.9. The van der Waals surface area contributed by atoms with E-state index in [4.69, 9.17) is 9.47 Å². The lowest BCUT2D eigenvalue weighted by Crippen LogP contribution is -2.49. The van der Waals surface area contributed by atoms with Gasteiger partial charge in [-0.3, -0.25) is 4.79 Å². The van der Waals surface area contributed by atoms with Crippen molar-refractivity contribution < 1.29 is 19.4 Å². The Morgan fingerprint density at radius 3 is 2.76 bits per heavy atom. The van der Waals surface area contributed by atoms with Crippen molar-refractivity contribution in [2.45, 2.75) is 58.2 Å². The van der Waals surface area contributed by atoms with E-state index in [1.807, 2.05) is 13.8 Å². The van der Waals surface area contributed by atoms with E-state index in [9.17, 15) is 9.90 Å². The average molecular weight is 244 g/mol. The maximum absolute atomic E-state index is 11.9. The Balaban J connectivity index is 2.74. The van der Waals surface area contributed by atoms with Crippen LogP contribution in [0.2, 0.25) is 0 Å². The first-order valence-corrected chi connectivity index (χ1v) is 6.58. The van der Waals surface area contributed by atoms with Crippen LogP contribution in [0.25, 0.3) is 0 Å². The summed E-state index contributed by atoms with van der Waals surface area (Å²) < 4.78 is 10.6. The Morgan fingerprint density at radius 2 is 2.24 bits per heavy atom. The highest BCUT2D eigenvalue weighted by Gasteiger charge is 2.44. The zero-order valence-electron chi connectivity index (χ0n) is 11.1. The first-order valence-electron chi connectivity index (χ1n) is 6.58. The van der Waals surface area contributed by atoms with Gasteiger partial charge in [0.1, 0.15) is 0 Å². The topological polar surface area (TPSA) is 55.8 Å². The van der Waals surface area contributed by atoms with Crippen molar-refractivity contribution in [1.82, 2.24) is 0 Å². The highest BCUT2D eigenvalue weighted by Crippen LogP contribution is 2.35. The van der Waals surface area contributed by atoms with Crippen LogP contribution in [-0.4, -0.2) is 36.0 Å². The van der Waals surface area contributed by atoms with E-state index in [2.05, 4.69) is 0 Å². The highest BCUT2D eigenvalue weighted by atomic mass is 16.5. The summed E-state index contributed by atoms with van der Waals surface area (Å²) >= 11 is 0. The third-order valence-corrected chi connectivity index (χ3v) is 3.55. The molecule has 0 aromatic heterocycles. The Morgan fingerprint density at radius 1 is 1.53 bits per heavy atom. The maximum Gasteiger partial charge on any atom is 0.311 e. The molecule has 100 valence electrons. The molecule has 0 spiro atoms. The second-order valence-electron chi connectivity index (χ2n) is 4.67. The minimum absolute atomic E-state index is 0.0530. The van der Waals surface area contributed by atoms with Crippen LogP contribution >= 0.6 is 0 Å². The third kappa shape index (κ3) is 3.42. The van der Waals surface area contributed by atoms with Gasteiger partial charge in [0.25, 0.3) is 0 Å². The molecule has 1 fully saturated rings. The molecule has 1 N–H and O–H groups in total. The quantitative estimate of drug-likeness (QED) is 0.750. The van der Waals surface area contributed by atoms with Crippen molar-refractivity contribution in [3.63, 3.8) is 0 Å². The molecular formula is C13H24O4. The van der Waals surface area contributed by atoms with Crippen molar-refractivity contribution in [3.05, 3.63) is 0 Å². The molecule has 0 amide bonds. The highest BCUT2D eigenvalue weighted by molar-refractivity contribution is 5.73. The molecule has 3 atom stereocenters. The summed E-state index contributed by atoms with van der Waals surface area (Å²) in [6.07, 6.45) is 2.56.